The molecule has 0 bridgehead atoms. The van der Waals surface area contributed by atoms with Crippen molar-refractivity contribution in [1.82, 2.24) is 5.32 Å². The minimum absolute atomic E-state index is 0.0116. The molecule has 1 amide bonds. The van der Waals surface area contributed by atoms with Crippen LogP contribution in [0.3, 0.4) is 0 Å². The van der Waals surface area contributed by atoms with Gasteiger partial charge in [0.2, 0.25) is 5.91 Å². The highest BCUT2D eigenvalue weighted by molar-refractivity contribution is 7.45. The fraction of sp³-hybridized carbons (Fsp3) is 0.661. The summed E-state index contributed by atoms with van der Waals surface area (Å²) in [5, 5.41) is 13.8. The Balaban J connectivity index is 4.28. The number of carbonyl (C=O) groups is 1. The third-order valence-corrected chi connectivity index (χ3v) is 12.9. The number of amides is 1. The second-order valence-electron chi connectivity index (χ2n) is 19.9. The Kier molecular flexibility index (Phi) is 49.5. The van der Waals surface area contributed by atoms with Gasteiger partial charge in [-0.2, -0.15) is 0 Å². The molecule has 0 radical (unpaired) electrons. The number of aliphatic hydroxyl groups excluding tert-OH is 1. The summed E-state index contributed by atoms with van der Waals surface area (Å²) in [6.07, 6.45) is 76.9. The van der Waals surface area contributed by atoms with Crippen LogP contribution in [-0.4, -0.2) is 68.5 Å². The maximum atomic E-state index is 12.9. The van der Waals surface area contributed by atoms with Crippen molar-refractivity contribution in [2.45, 2.75) is 225 Å². The van der Waals surface area contributed by atoms with Crippen molar-refractivity contribution in [2.24, 2.45) is 0 Å². The summed E-state index contributed by atoms with van der Waals surface area (Å²) in [5.41, 5.74) is 0. The standard InChI is InChI=1S/C62H107N2O6P/c1-6-8-10-12-14-16-18-20-22-24-25-26-27-28-29-30-31-32-33-34-35-36-37-38-39-40-42-44-46-48-50-52-54-56-62(66)63-60(59-70-71(67,68)69-58-57-64(3,4)5)61(65)55-53-51-49-47-45-43-41-23-21-19-17-15-13-11-9-7-2/h8,10,14,16,20,22,25-26,28-29,31-32,34-35,37-38,40,42,53,55,60-61,65H,6-7,9,11-13,15,17-19,21,23-24,27,30,33,36,39,41,43-52,54,56-59H2,1-5H3,(H-,63,66,67,68)/b10-8-,16-14-,22-20-,26-25-,29-28-,32-31-,35-34-,38-37-,42-40-,55-53+. The largest absolute Gasteiger partial charge is 0.756 e. The Morgan fingerprint density at radius 1 is 0.507 bits per heavy atom. The van der Waals surface area contributed by atoms with Gasteiger partial charge in [0.25, 0.3) is 7.82 Å². The Morgan fingerprint density at radius 2 is 0.859 bits per heavy atom. The van der Waals surface area contributed by atoms with Crippen molar-refractivity contribution >= 4 is 13.7 Å². The van der Waals surface area contributed by atoms with Gasteiger partial charge >= 0.3 is 0 Å². The number of allylic oxidation sites excluding steroid dienone is 19. The first-order valence-electron chi connectivity index (χ1n) is 28.4. The van der Waals surface area contributed by atoms with Gasteiger partial charge < -0.3 is 28.8 Å². The number of nitrogens with zero attached hydrogens (tertiary/aromatic N) is 1. The number of hydrogen-bond acceptors (Lipinski definition) is 6. The summed E-state index contributed by atoms with van der Waals surface area (Å²) < 4.78 is 23.3. The summed E-state index contributed by atoms with van der Waals surface area (Å²) >= 11 is 0. The van der Waals surface area contributed by atoms with Crippen molar-refractivity contribution in [3.63, 3.8) is 0 Å². The van der Waals surface area contributed by atoms with Crippen molar-refractivity contribution in [3.8, 4) is 0 Å². The number of hydrogen-bond donors (Lipinski definition) is 2. The number of phosphoric acid groups is 1. The van der Waals surface area contributed by atoms with E-state index in [1.165, 1.54) is 77.0 Å². The summed E-state index contributed by atoms with van der Waals surface area (Å²) in [5.74, 6) is -0.221. The van der Waals surface area contributed by atoms with Gasteiger partial charge in [-0.15, -0.1) is 0 Å². The molecule has 0 aliphatic carbocycles. The van der Waals surface area contributed by atoms with Crippen LogP contribution in [0.15, 0.2) is 122 Å². The Labute approximate surface area is 437 Å². The van der Waals surface area contributed by atoms with Gasteiger partial charge in [-0.1, -0.05) is 238 Å². The normalized spacial score (nSPS) is 14.9. The predicted molar refractivity (Wildman–Crippen MR) is 306 cm³/mol. The average Bonchev–Trinajstić information content (AvgIpc) is 3.33. The molecule has 0 fully saturated rings. The summed E-state index contributed by atoms with van der Waals surface area (Å²) in [4.78, 5) is 25.5. The third kappa shape index (κ3) is 54.5. The topological polar surface area (TPSA) is 108 Å². The first-order valence-corrected chi connectivity index (χ1v) is 29.9. The zero-order valence-corrected chi connectivity index (χ0v) is 47.0. The smallest absolute Gasteiger partial charge is 0.268 e. The van der Waals surface area contributed by atoms with E-state index in [-0.39, 0.29) is 12.5 Å². The minimum atomic E-state index is -4.61. The van der Waals surface area contributed by atoms with Gasteiger partial charge in [0.1, 0.15) is 13.2 Å². The molecule has 0 saturated carbocycles. The fourth-order valence-corrected chi connectivity index (χ4v) is 8.22. The third-order valence-electron chi connectivity index (χ3n) is 11.9. The van der Waals surface area contributed by atoms with Crippen molar-refractivity contribution in [1.29, 1.82) is 0 Å². The Morgan fingerprint density at radius 3 is 1.25 bits per heavy atom. The number of carbonyl (C=O) groups excluding carboxylic acids is 1. The molecule has 0 aromatic carbocycles. The first-order chi connectivity index (χ1) is 34.5. The van der Waals surface area contributed by atoms with Crippen LogP contribution in [0.2, 0.25) is 0 Å². The van der Waals surface area contributed by atoms with Crippen LogP contribution in [-0.2, 0) is 18.4 Å². The lowest BCUT2D eigenvalue weighted by Crippen LogP contribution is -2.45. The quantitative estimate of drug-likeness (QED) is 0.0272. The van der Waals surface area contributed by atoms with Crippen molar-refractivity contribution < 1.29 is 32.9 Å². The molecule has 0 aliphatic rings. The molecule has 0 spiro atoms. The van der Waals surface area contributed by atoms with E-state index in [0.29, 0.717) is 17.4 Å². The molecular formula is C62H107N2O6P. The molecule has 71 heavy (non-hydrogen) atoms. The highest BCUT2D eigenvalue weighted by Crippen LogP contribution is 2.38. The van der Waals surface area contributed by atoms with E-state index in [9.17, 15) is 19.4 Å². The SMILES string of the molecule is CC/C=C\C/C=C\C/C=C\C/C=C\C/C=C\C/C=C\C/C=C\C/C=C\C/C=C\CCCCCCCC(=O)NC(COP(=O)([O-])OCC[N+](C)(C)C)C(O)/C=C/CCCCCCCCCCCCCCCC. The van der Waals surface area contributed by atoms with Crippen molar-refractivity contribution in [2.75, 3.05) is 40.9 Å². The molecule has 0 aromatic rings. The number of likely N-dealkylation sites (N-methyl/N-ethyl adjacent to an activating group) is 1. The van der Waals surface area contributed by atoms with Gasteiger partial charge in [0, 0.05) is 6.42 Å². The van der Waals surface area contributed by atoms with E-state index in [2.05, 4.69) is 129 Å². The number of rotatable bonds is 50. The maximum absolute atomic E-state index is 12.9. The molecule has 8 nitrogen and oxygen atoms in total. The molecule has 0 rings (SSSR count). The molecule has 0 saturated heterocycles. The van der Waals surface area contributed by atoms with Crippen molar-refractivity contribution in [3.05, 3.63) is 122 Å². The number of nitrogens with one attached hydrogen (secondary N) is 1. The van der Waals surface area contributed by atoms with E-state index in [1.807, 2.05) is 27.2 Å². The van der Waals surface area contributed by atoms with Crippen LogP contribution < -0.4 is 10.2 Å². The van der Waals surface area contributed by atoms with Gasteiger partial charge in [-0.05, 0) is 89.9 Å². The zero-order valence-electron chi connectivity index (χ0n) is 46.1. The second-order valence-corrected chi connectivity index (χ2v) is 21.3. The zero-order chi connectivity index (χ0) is 52.0. The summed E-state index contributed by atoms with van der Waals surface area (Å²) in [6.45, 7) is 4.51. The lowest BCUT2D eigenvalue weighted by molar-refractivity contribution is -0.870. The van der Waals surface area contributed by atoms with E-state index >= 15 is 0 Å². The summed E-state index contributed by atoms with van der Waals surface area (Å²) in [6, 6.07) is -0.906. The molecule has 3 unspecified atom stereocenters. The van der Waals surface area contributed by atoms with Crippen LogP contribution in [0.1, 0.15) is 213 Å². The predicted octanol–water partition coefficient (Wildman–Crippen LogP) is 16.7. The van der Waals surface area contributed by atoms with Crippen LogP contribution in [0.5, 0.6) is 0 Å². The monoisotopic (exact) mass is 1010 g/mol. The molecule has 0 heterocycles. The first kappa shape index (κ1) is 67.9. The van der Waals surface area contributed by atoms with Crippen LogP contribution in [0, 0.1) is 0 Å². The number of aliphatic hydroxyl groups is 1. The Hall–Kier alpha value is -3.10. The summed E-state index contributed by atoms with van der Waals surface area (Å²) in [7, 11) is 1.23. The minimum Gasteiger partial charge on any atom is -0.756 e. The van der Waals surface area contributed by atoms with Crippen LogP contribution >= 0.6 is 7.82 Å². The lowest BCUT2D eigenvalue weighted by atomic mass is 10.0. The highest BCUT2D eigenvalue weighted by Gasteiger charge is 2.23. The molecule has 0 aliphatic heterocycles. The van der Waals surface area contributed by atoms with Gasteiger partial charge in [-0.25, -0.2) is 0 Å². The molecule has 2 N–H and O–H groups in total. The Bertz CT molecular complexity index is 1560. The fourth-order valence-electron chi connectivity index (χ4n) is 7.50. The molecular weight excluding hydrogens is 900 g/mol. The second kappa shape index (κ2) is 51.8. The number of unbranched alkanes of at least 4 members (excludes halogenated alkanes) is 19. The van der Waals surface area contributed by atoms with E-state index in [0.717, 1.165) is 116 Å². The molecule has 3 atom stereocenters. The number of quaternary nitrogens is 1. The van der Waals surface area contributed by atoms with Crippen LogP contribution in [0.4, 0.5) is 0 Å². The van der Waals surface area contributed by atoms with E-state index < -0.39 is 26.6 Å². The maximum Gasteiger partial charge on any atom is 0.268 e. The number of phosphoric ester groups is 1. The lowest BCUT2D eigenvalue weighted by Gasteiger charge is -2.29. The molecule has 406 valence electrons. The van der Waals surface area contributed by atoms with Gasteiger partial charge in [0.15, 0.2) is 0 Å². The van der Waals surface area contributed by atoms with Gasteiger partial charge in [-0.3, -0.25) is 9.36 Å². The highest BCUT2D eigenvalue weighted by atomic mass is 31.2. The van der Waals surface area contributed by atoms with E-state index in [4.69, 9.17) is 9.05 Å². The van der Waals surface area contributed by atoms with Crippen LogP contribution in [0.25, 0.3) is 0 Å². The molecule has 0 aromatic heterocycles. The molecule has 9 heteroatoms. The average molecular weight is 1010 g/mol. The van der Waals surface area contributed by atoms with Gasteiger partial charge in [0.05, 0.1) is 39.9 Å². The van der Waals surface area contributed by atoms with E-state index in [1.54, 1.807) is 6.08 Å².